The maximum atomic E-state index is 12.7. The van der Waals surface area contributed by atoms with Gasteiger partial charge in [0.25, 0.3) is 0 Å². The molecule has 0 aliphatic carbocycles. The predicted molar refractivity (Wildman–Crippen MR) is 138 cm³/mol. The van der Waals surface area contributed by atoms with Gasteiger partial charge in [0.15, 0.2) is 5.13 Å². The smallest absolute Gasteiger partial charge is 0.248 e. The summed E-state index contributed by atoms with van der Waals surface area (Å²) in [5.41, 5.74) is 4.67. The number of hydrogen-bond acceptors (Lipinski definition) is 6. The molecule has 5 aromatic rings. The first-order chi connectivity index (χ1) is 17.0. The van der Waals surface area contributed by atoms with Crippen LogP contribution in [-0.2, 0) is 9.59 Å². The highest BCUT2D eigenvalue weighted by atomic mass is 32.1. The van der Waals surface area contributed by atoms with Gasteiger partial charge in [-0.1, -0.05) is 29.5 Å². The van der Waals surface area contributed by atoms with Crippen molar-refractivity contribution in [2.75, 3.05) is 10.6 Å². The van der Waals surface area contributed by atoms with E-state index < -0.39 is 0 Å². The van der Waals surface area contributed by atoms with Crippen LogP contribution in [0.5, 0.6) is 0 Å². The summed E-state index contributed by atoms with van der Waals surface area (Å²) in [5, 5.41) is 10.8. The summed E-state index contributed by atoms with van der Waals surface area (Å²) in [4.78, 5) is 32.5. The SMILES string of the molecule is CC(=O)Nc1nc2ccc(NC(=O)/C=C/c3cn(-c4ccccc4)nc3-c3cccnc3)cc2s1. The number of para-hydroxylation sites is 1. The minimum Gasteiger partial charge on any atom is -0.322 e. The molecule has 0 bridgehead atoms. The van der Waals surface area contributed by atoms with Crippen LogP contribution >= 0.6 is 11.3 Å². The number of rotatable bonds is 6. The fourth-order valence-electron chi connectivity index (χ4n) is 3.51. The number of fused-ring (bicyclic) bond motifs is 1. The minimum absolute atomic E-state index is 0.177. The first-order valence-corrected chi connectivity index (χ1v) is 11.6. The third-order valence-corrected chi connectivity index (χ3v) is 5.99. The lowest BCUT2D eigenvalue weighted by Crippen LogP contribution is -2.07. The van der Waals surface area contributed by atoms with Crippen LogP contribution in [0.2, 0.25) is 0 Å². The molecule has 35 heavy (non-hydrogen) atoms. The van der Waals surface area contributed by atoms with Crippen LogP contribution in [0.4, 0.5) is 10.8 Å². The fourth-order valence-corrected chi connectivity index (χ4v) is 4.46. The number of nitrogens with one attached hydrogen (secondary N) is 2. The second kappa shape index (κ2) is 9.70. The number of pyridine rings is 1. The van der Waals surface area contributed by atoms with Gasteiger partial charge >= 0.3 is 0 Å². The number of amides is 2. The molecule has 0 saturated heterocycles. The molecule has 5 rings (SSSR count). The Morgan fingerprint density at radius 2 is 1.89 bits per heavy atom. The van der Waals surface area contributed by atoms with Crippen LogP contribution < -0.4 is 10.6 Å². The van der Waals surface area contributed by atoms with Crippen LogP contribution in [0.1, 0.15) is 12.5 Å². The minimum atomic E-state index is -0.277. The number of thiazole rings is 1. The van der Waals surface area contributed by atoms with E-state index in [0.29, 0.717) is 10.8 Å². The maximum absolute atomic E-state index is 12.7. The molecule has 172 valence electrons. The van der Waals surface area contributed by atoms with Crippen molar-refractivity contribution < 1.29 is 9.59 Å². The summed E-state index contributed by atoms with van der Waals surface area (Å²) < 4.78 is 2.64. The van der Waals surface area contributed by atoms with Gasteiger partial charge in [-0.3, -0.25) is 14.6 Å². The van der Waals surface area contributed by atoms with Crippen LogP contribution in [0.25, 0.3) is 33.2 Å². The highest BCUT2D eigenvalue weighted by Crippen LogP contribution is 2.28. The molecule has 9 heteroatoms. The molecule has 8 nitrogen and oxygen atoms in total. The summed E-state index contributed by atoms with van der Waals surface area (Å²) in [6, 6.07) is 19.0. The predicted octanol–water partition coefficient (Wildman–Crippen LogP) is 5.15. The quantitative estimate of drug-likeness (QED) is 0.327. The zero-order chi connectivity index (χ0) is 24.2. The number of carbonyl (C=O) groups excluding carboxylic acids is 2. The van der Waals surface area contributed by atoms with E-state index in [4.69, 9.17) is 5.10 Å². The summed E-state index contributed by atoms with van der Waals surface area (Å²) in [5.74, 6) is -0.454. The Morgan fingerprint density at radius 3 is 2.66 bits per heavy atom. The first-order valence-electron chi connectivity index (χ1n) is 10.8. The normalized spacial score (nSPS) is 11.1. The molecule has 3 aromatic heterocycles. The number of nitrogens with zero attached hydrogens (tertiary/aromatic N) is 4. The summed E-state index contributed by atoms with van der Waals surface area (Å²) in [6.07, 6.45) is 8.55. The van der Waals surface area contributed by atoms with Crippen LogP contribution in [-0.4, -0.2) is 31.6 Å². The molecule has 3 heterocycles. The maximum Gasteiger partial charge on any atom is 0.248 e. The molecular formula is C26H20N6O2S. The van der Waals surface area contributed by atoms with Gasteiger partial charge in [0.1, 0.15) is 5.69 Å². The molecule has 0 saturated carbocycles. The Morgan fingerprint density at radius 1 is 1.03 bits per heavy atom. The summed E-state index contributed by atoms with van der Waals surface area (Å²) >= 11 is 1.35. The van der Waals surface area contributed by atoms with Crippen molar-refractivity contribution in [2.24, 2.45) is 0 Å². The van der Waals surface area contributed by atoms with Crippen molar-refractivity contribution in [1.82, 2.24) is 19.7 Å². The van der Waals surface area contributed by atoms with E-state index in [0.717, 1.165) is 32.7 Å². The lowest BCUT2D eigenvalue weighted by Gasteiger charge is -2.01. The summed E-state index contributed by atoms with van der Waals surface area (Å²) in [7, 11) is 0. The molecule has 0 aliphatic rings. The number of carbonyl (C=O) groups is 2. The van der Waals surface area contributed by atoms with Crippen molar-refractivity contribution in [3.05, 3.63) is 90.9 Å². The van der Waals surface area contributed by atoms with Crippen LogP contribution in [0.15, 0.2) is 85.3 Å². The zero-order valence-electron chi connectivity index (χ0n) is 18.7. The third kappa shape index (κ3) is 5.15. The second-order valence-electron chi connectivity index (χ2n) is 7.66. The van der Waals surface area contributed by atoms with Gasteiger partial charge in [-0.25, -0.2) is 9.67 Å². The molecule has 2 N–H and O–H groups in total. The van der Waals surface area contributed by atoms with Gasteiger partial charge in [-0.05, 0) is 48.5 Å². The number of anilines is 2. The Bertz CT molecular complexity index is 1540. The van der Waals surface area contributed by atoms with E-state index in [1.807, 2.05) is 54.7 Å². The largest absolute Gasteiger partial charge is 0.322 e. The fraction of sp³-hybridized carbons (Fsp3) is 0.0385. The van der Waals surface area contributed by atoms with E-state index >= 15 is 0 Å². The Balaban J connectivity index is 1.38. The number of benzene rings is 2. The zero-order valence-corrected chi connectivity index (χ0v) is 19.5. The molecule has 0 aliphatic heterocycles. The monoisotopic (exact) mass is 480 g/mol. The van der Waals surface area contributed by atoms with Gasteiger partial charge < -0.3 is 10.6 Å². The van der Waals surface area contributed by atoms with Gasteiger partial charge in [-0.2, -0.15) is 5.10 Å². The number of aromatic nitrogens is 4. The van der Waals surface area contributed by atoms with E-state index in [1.165, 1.54) is 24.3 Å². The average Bonchev–Trinajstić information content (AvgIpc) is 3.47. The highest BCUT2D eigenvalue weighted by molar-refractivity contribution is 7.22. The Labute approximate surface area is 205 Å². The molecule has 0 spiro atoms. The van der Waals surface area contributed by atoms with Gasteiger partial charge in [0.2, 0.25) is 11.8 Å². The van der Waals surface area contributed by atoms with Gasteiger partial charge in [0.05, 0.1) is 15.9 Å². The number of hydrogen-bond donors (Lipinski definition) is 2. The van der Waals surface area contributed by atoms with Crippen molar-refractivity contribution in [1.29, 1.82) is 0 Å². The molecule has 0 fully saturated rings. The molecular weight excluding hydrogens is 460 g/mol. The van der Waals surface area contributed by atoms with E-state index in [9.17, 15) is 9.59 Å². The van der Waals surface area contributed by atoms with Crippen LogP contribution in [0.3, 0.4) is 0 Å². The Hall–Kier alpha value is -4.63. The topological polar surface area (TPSA) is 102 Å². The van der Waals surface area contributed by atoms with E-state index in [-0.39, 0.29) is 11.8 Å². The average molecular weight is 481 g/mol. The van der Waals surface area contributed by atoms with Crippen molar-refractivity contribution in [3.63, 3.8) is 0 Å². The Kier molecular flexibility index (Phi) is 6.15. The molecule has 0 unspecified atom stereocenters. The molecule has 0 atom stereocenters. The third-order valence-electron chi connectivity index (χ3n) is 5.05. The van der Waals surface area contributed by atoms with Gasteiger partial charge in [0, 0.05) is 48.4 Å². The van der Waals surface area contributed by atoms with Crippen molar-refractivity contribution in [3.8, 4) is 16.9 Å². The lowest BCUT2D eigenvalue weighted by molar-refractivity contribution is -0.114. The molecule has 2 aromatic carbocycles. The molecule has 0 radical (unpaired) electrons. The lowest BCUT2D eigenvalue weighted by atomic mass is 10.1. The van der Waals surface area contributed by atoms with Crippen molar-refractivity contribution in [2.45, 2.75) is 6.92 Å². The molecule has 2 amide bonds. The second-order valence-corrected chi connectivity index (χ2v) is 8.69. The first kappa shape index (κ1) is 22.2. The van der Waals surface area contributed by atoms with E-state index in [2.05, 4.69) is 20.6 Å². The highest BCUT2D eigenvalue weighted by Gasteiger charge is 2.12. The van der Waals surface area contributed by atoms with Crippen molar-refractivity contribution >= 4 is 50.3 Å². The summed E-state index contributed by atoms with van der Waals surface area (Å²) in [6.45, 7) is 1.44. The standard InChI is InChI=1S/C26H20N6O2S/c1-17(33)28-26-30-22-11-10-20(14-23(22)35-26)29-24(34)12-9-19-16-32(21-7-3-2-4-8-21)31-25(19)18-6-5-13-27-15-18/h2-16H,1H3,(H,29,34)(H,28,30,33)/b12-9+. The van der Waals surface area contributed by atoms with Crippen LogP contribution in [0, 0.1) is 0 Å². The van der Waals surface area contributed by atoms with E-state index in [1.54, 1.807) is 35.3 Å². The van der Waals surface area contributed by atoms with Gasteiger partial charge in [-0.15, -0.1) is 0 Å².